The van der Waals surface area contributed by atoms with Crippen LogP contribution in [0.1, 0.15) is 36.6 Å². The lowest BCUT2D eigenvalue weighted by atomic mass is 10.0. The number of thioether (sulfide) groups is 1. The first-order chi connectivity index (χ1) is 9.74. The Balaban J connectivity index is 1.79. The molecule has 2 aromatic carbocycles. The predicted molar refractivity (Wildman–Crippen MR) is 90.2 cm³/mol. The van der Waals surface area contributed by atoms with Crippen LogP contribution in [0.3, 0.4) is 0 Å². The third-order valence-electron chi connectivity index (χ3n) is 3.76. The first-order valence-electron chi connectivity index (χ1n) is 6.97. The Bertz CT molecular complexity index is 599. The van der Waals surface area contributed by atoms with Crippen molar-refractivity contribution in [1.82, 2.24) is 5.32 Å². The molecule has 1 N–H and O–H groups in total. The number of rotatable bonds is 3. The van der Waals surface area contributed by atoms with Crippen molar-refractivity contribution in [2.45, 2.75) is 30.3 Å². The van der Waals surface area contributed by atoms with Crippen LogP contribution < -0.4 is 5.32 Å². The average Bonchev–Trinajstić information content (AvgIpc) is 2.47. The van der Waals surface area contributed by atoms with Crippen LogP contribution in [0, 0.1) is 0 Å². The Morgan fingerprint density at radius 1 is 1.20 bits per heavy atom. The minimum Gasteiger partial charge on any atom is -0.303 e. The van der Waals surface area contributed by atoms with E-state index in [9.17, 15) is 0 Å². The smallest absolute Gasteiger partial charge is 0.0344 e. The summed E-state index contributed by atoms with van der Waals surface area (Å²) in [6.45, 7) is 2.24. The Morgan fingerprint density at radius 3 is 2.90 bits per heavy atom. The summed E-state index contributed by atoms with van der Waals surface area (Å²) in [4.78, 5) is 1.43. The van der Waals surface area contributed by atoms with Crippen molar-refractivity contribution in [3.63, 3.8) is 0 Å². The van der Waals surface area contributed by atoms with Gasteiger partial charge in [0.25, 0.3) is 0 Å². The summed E-state index contributed by atoms with van der Waals surface area (Å²) in [6.07, 6.45) is 1.19. The van der Waals surface area contributed by atoms with Gasteiger partial charge in [-0.3, -0.25) is 0 Å². The summed E-state index contributed by atoms with van der Waals surface area (Å²) in [6, 6.07) is 18.1. The number of benzene rings is 2. The molecule has 1 aliphatic heterocycles. The van der Waals surface area contributed by atoms with Gasteiger partial charge in [-0.1, -0.05) is 46.3 Å². The first-order valence-corrected chi connectivity index (χ1v) is 8.75. The second kappa shape index (κ2) is 6.33. The molecule has 0 radical (unpaired) electrons. The molecule has 0 aromatic heterocycles. The maximum absolute atomic E-state index is 3.78. The van der Waals surface area contributed by atoms with Crippen molar-refractivity contribution in [2.75, 3.05) is 5.75 Å². The minimum atomic E-state index is 0.355. The van der Waals surface area contributed by atoms with Crippen molar-refractivity contribution < 1.29 is 0 Å². The van der Waals surface area contributed by atoms with Gasteiger partial charge in [-0.2, -0.15) is 0 Å². The molecule has 2 aromatic rings. The number of hydrogen-bond acceptors (Lipinski definition) is 2. The van der Waals surface area contributed by atoms with Gasteiger partial charge in [0.15, 0.2) is 0 Å². The Kier molecular flexibility index (Phi) is 4.49. The summed E-state index contributed by atoms with van der Waals surface area (Å²) in [5, 5.41) is 3.78. The summed E-state index contributed by atoms with van der Waals surface area (Å²) >= 11 is 5.52. The van der Waals surface area contributed by atoms with E-state index in [1.807, 2.05) is 11.8 Å². The quantitative estimate of drug-likeness (QED) is 0.804. The van der Waals surface area contributed by atoms with E-state index in [1.165, 1.54) is 28.2 Å². The number of hydrogen-bond donors (Lipinski definition) is 1. The number of fused-ring (bicyclic) bond motifs is 1. The van der Waals surface area contributed by atoms with E-state index >= 15 is 0 Å². The lowest BCUT2D eigenvalue weighted by molar-refractivity contribution is 0.450. The lowest BCUT2D eigenvalue weighted by Crippen LogP contribution is -2.27. The fourth-order valence-corrected chi connectivity index (χ4v) is 4.23. The molecular weight excluding hydrogens is 330 g/mol. The monoisotopic (exact) mass is 347 g/mol. The summed E-state index contributed by atoms with van der Waals surface area (Å²) in [5.41, 5.74) is 2.78. The molecular formula is C17H18BrNS. The standard InChI is InChI=1S/C17H18BrNS/c1-12(13-5-4-6-14(18)11-13)19-16-9-10-20-17-8-3-2-7-15(16)17/h2-8,11-12,16,19H,9-10H2,1H3/t12-,16?/m0/s1. The van der Waals surface area contributed by atoms with E-state index in [2.05, 4.69) is 76.7 Å². The van der Waals surface area contributed by atoms with Gasteiger partial charge in [0, 0.05) is 21.5 Å². The van der Waals surface area contributed by atoms with Crippen molar-refractivity contribution in [1.29, 1.82) is 0 Å². The SMILES string of the molecule is C[C@H](NC1CCSc2ccccc21)c1cccc(Br)c1. The maximum Gasteiger partial charge on any atom is 0.0344 e. The number of nitrogens with one attached hydrogen (secondary N) is 1. The third kappa shape index (κ3) is 3.11. The van der Waals surface area contributed by atoms with Crippen LogP contribution in [0.15, 0.2) is 57.9 Å². The molecule has 1 nitrogen and oxygen atoms in total. The third-order valence-corrected chi connectivity index (χ3v) is 5.37. The van der Waals surface area contributed by atoms with Crippen LogP contribution in [0.25, 0.3) is 0 Å². The fourth-order valence-electron chi connectivity index (χ4n) is 2.69. The van der Waals surface area contributed by atoms with E-state index in [1.54, 1.807) is 0 Å². The molecule has 0 saturated carbocycles. The molecule has 1 heterocycles. The van der Waals surface area contributed by atoms with Crippen molar-refractivity contribution in [2.24, 2.45) is 0 Å². The van der Waals surface area contributed by atoms with Crippen LogP contribution in [0.5, 0.6) is 0 Å². The predicted octanol–water partition coefficient (Wildman–Crippen LogP) is 5.34. The second-order valence-electron chi connectivity index (χ2n) is 5.17. The van der Waals surface area contributed by atoms with Crippen LogP contribution in [0.4, 0.5) is 0 Å². The highest BCUT2D eigenvalue weighted by molar-refractivity contribution is 9.10. The van der Waals surface area contributed by atoms with Gasteiger partial charge in [-0.15, -0.1) is 11.8 Å². The van der Waals surface area contributed by atoms with Crippen LogP contribution >= 0.6 is 27.7 Å². The van der Waals surface area contributed by atoms with Crippen molar-refractivity contribution in [3.8, 4) is 0 Å². The van der Waals surface area contributed by atoms with Gasteiger partial charge < -0.3 is 5.32 Å². The molecule has 0 spiro atoms. The largest absolute Gasteiger partial charge is 0.303 e. The molecule has 1 aliphatic rings. The van der Waals surface area contributed by atoms with E-state index in [4.69, 9.17) is 0 Å². The van der Waals surface area contributed by atoms with Gasteiger partial charge in [0.1, 0.15) is 0 Å². The Hall–Kier alpha value is -0.770. The topological polar surface area (TPSA) is 12.0 Å². The molecule has 0 bridgehead atoms. The Labute approximate surface area is 133 Å². The average molecular weight is 348 g/mol. The molecule has 3 heteroatoms. The molecule has 1 unspecified atom stereocenters. The van der Waals surface area contributed by atoms with E-state index < -0.39 is 0 Å². The summed E-state index contributed by atoms with van der Waals surface area (Å²) < 4.78 is 1.14. The number of halogens is 1. The van der Waals surface area contributed by atoms with Gasteiger partial charge in [-0.05, 0) is 48.4 Å². The van der Waals surface area contributed by atoms with E-state index in [-0.39, 0.29) is 0 Å². The maximum atomic E-state index is 3.78. The summed E-state index contributed by atoms with van der Waals surface area (Å²) in [7, 11) is 0. The normalized spacial score (nSPS) is 19.4. The highest BCUT2D eigenvalue weighted by atomic mass is 79.9. The molecule has 0 aliphatic carbocycles. The highest BCUT2D eigenvalue weighted by Gasteiger charge is 2.21. The van der Waals surface area contributed by atoms with Crippen LogP contribution in [0.2, 0.25) is 0 Å². The lowest BCUT2D eigenvalue weighted by Gasteiger charge is -2.29. The Morgan fingerprint density at radius 2 is 2.05 bits per heavy atom. The minimum absolute atomic E-state index is 0.355. The van der Waals surface area contributed by atoms with Gasteiger partial charge in [0.05, 0.1) is 0 Å². The van der Waals surface area contributed by atoms with Gasteiger partial charge in [0.2, 0.25) is 0 Å². The second-order valence-corrected chi connectivity index (χ2v) is 7.22. The molecule has 20 heavy (non-hydrogen) atoms. The molecule has 0 saturated heterocycles. The fraction of sp³-hybridized carbons (Fsp3) is 0.294. The zero-order valence-corrected chi connectivity index (χ0v) is 13.9. The molecule has 104 valence electrons. The summed E-state index contributed by atoms with van der Waals surface area (Å²) in [5.74, 6) is 1.19. The molecule has 0 fully saturated rings. The molecule has 2 atom stereocenters. The molecule has 3 rings (SSSR count). The van der Waals surface area contributed by atoms with E-state index in [0.717, 1.165) is 4.47 Å². The van der Waals surface area contributed by atoms with Gasteiger partial charge in [-0.25, -0.2) is 0 Å². The zero-order chi connectivity index (χ0) is 13.9. The van der Waals surface area contributed by atoms with Crippen molar-refractivity contribution in [3.05, 3.63) is 64.1 Å². The van der Waals surface area contributed by atoms with Crippen molar-refractivity contribution >= 4 is 27.7 Å². The highest BCUT2D eigenvalue weighted by Crippen LogP contribution is 2.37. The van der Waals surface area contributed by atoms with Crippen LogP contribution in [-0.4, -0.2) is 5.75 Å². The first kappa shape index (κ1) is 14.2. The zero-order valence-electron chi connectivity index (χ0n) is 11.5. The van der Waals surface area contributed by atoms with Crippen LogP contribution in [-0.2, 0) is 0 Å². The van der Waals surface area contributed by atoms with E-state index in [0.29, 0.717) is 12.1 Å². The van der Waals surface area contributed by atoms with Gasteiger partial charge >= 0.3 is 0 Å². The molecule has 0 amide bonds.